The number of pyridine rings is 1. The fourth-order valence-corrected chi connectivity index (χ4v) is 3.33. The molecule has 2 aromatic heterocycles. The van der Waals surface area contributed by atoms with Gasteiger partial charge in [0, 0.05) is 36.5 Å². The zero-order chi connectivity index (χ0) is 27.2. The van der Waals surface area contributed by atoms with Crippen LogP contribution in [0.2, 0.25) is 0 Å². The Kier molecular flexibility index (Phi) is 8.69. The number of carbonyl (C=O) groups excluding carboxylic acids is 1. The quantitative estimate of drug-likeness (QED) is 0.385. The Morgan fingerprint density at radius 3 is 2.43 bits per heavy atom. The molecule has 0 fully saturated rings. The highest BCUT2D eigenvalue weighted by atomic mass is 19.4. The number of halogens is 3. The monoisotopic (exact) mass is 519 g/mol. The van der Waals surface area contributed by atoms with E-state index in [4.69, 9.17) is 14.2 Å². The number of nitrogens with zero attached hydrogens (tertiary/aromatic N) is 3. The van der Waals surface area contributed by atoms with E-state index in [2.05, 4.69) is 15.0 Å². The predicted octanol–water partition coefficient (Wildman–Crippen LogP) is 4.70. The number of carbonyl (C=O) groups is 1. The van der Waals surface area contributed by atoms with Crippen LogP contribution in [0.4, 0.5) is 13.2 Å². The van der Waals surface area contributed by atoms with Crippen LogP contribution in [0.1, 0.15) is 43.3 Å². The molecule has 0 aliphatic heterocycles. The molecule has 0 unspecified atom stereocenters. The van der Waals surface area contributed by atoms with E-state index in [0.717, 1.165) is 17.8 Å². The Morgan fingerprint density at radius 1 is 1.08 bits per heavy atom. The van der Waals surface area contributed by atoms with Crippen LogP contribution in [-0.4, -0.2) is 44.8 Å². The van der Waals surface area contributed by atoms with Crippen molar-refractivity contribution >= 4 is 5.97 Å². The first kappa shape index (κ1) is 27.9. The minimum atomic E-state index is -4.54. The molecule has 1 aromatic carbocycles. The van der Waals surface area contributed by atoms with Gasteiger partial charge in [-0.25, -0.2) is 14.8 Å². The van der Waals surface area contributed by atoms with Gasteiger partial charge in [0.25, 0.3) is 0 Å². The summed E-state index contributed by atoms with van der Waals surface area (Å²) in [4.78, 5) is 24.2. The van der Waals surface area contributed by atoms with Gasteiger partial charge < -0.3 is 19.3 Å². The van der Waals surface area contributed by atoms with E-state index in [-0.39, 0.29) is 32.1 Å². The summed E-state index contributed by atoms with van der Waals surface area (Å²) in [6.45, 7) is 6.95. The number of hydrogen-bond donors (Lipinski definition) is 1. The Bertz CT molecular complexity index is 1230. The molecule has 0 aliphatic carbocycles. The molecular formula is C26H28F3N3O5. The van der Waals surface area contributed by atoms with Gasteiger partial charge in [-0.3, -0.25) is 4.98 Å². The molecular weight excluding hydrogens is 491 g/mol. The number of esters is 1. The number of aliphatic hydroxyl groups is 1. The lowest BCUT2D eigenvalue weighted by atomic mass is 10.1. The molecule has 2 heterocycles. The van der Waals surface area contributed by atoms with E-state index in [1.807, 2.05) is 6.92 Å². The second-order valence-corrected chi connectivity index (χ2v) is 8.62. The number of benzene rings is 1. The third kappa shape index (κ3) is 7.16. The fraction of sp³-hybridized carbons (Fsp3) is 0.385. The maximum absolute atomic E-state index is 12.8. The second kappa shape index (κ2) is 11.5. The maximum atomic E-state index is 12.8. The van der Waals surface area contributed by atoms with Crippen molar-refractivity contribution in [2.75, 3.05) is 13.2 Å². The number of rotatable bonds is 10. The zero-order valence-electron chi connectivity index (χ0n) is 20.9. The van der Waals surface area contributed by atoms with Crippen LogP contribution >= 0.6 is 0 Å². The number of aromatic nitrogens is 3. The third-order valence-corrected chi connectivity index (χ3v) is 5.29. The van der Waals surface area contributed by atoms with Gasteiger partial charge in [0.2, 0.25) is 0 Å². The first-order valence-electron chi connectivity index (χ1n) is 11.5. The molecule has 8 nitrogen and oxygen atoms in total. The average molecular weight is 520 g/mol. The molecule has 1 N–H and O–H groups in total. The fourth-order valence-electron chi connectivity index (χ4n) is 3.33. The summed E-state index contributed by atoms with van der Waals surface area (Å²) in [5.74, 6) is 0.755. The second-order valence-electron chi connectivity index (χ2n) is 8.62. The molecule has 3 aromatic rings. The Labute approximate surface area is 212 Å². The first-order valence-corrected chi connectivity index (χ1v) is 11.5. The van der Waals surface area contributed by atoms with Gasteiger partial charge in [-0.05, 0) is 63.6 Å². The highest BCUT2D eigenvalue weighted by molar-refractivity contribution is 5.79. The van der Waals surface area contributed by atoms with E-state index < -0.39 is 23.4 Å². The Morgan fingerprint density at radius 2 is 1.84 bits per heavy atom. The number of aliphatic hydroxyl groups excluding tert-OH is 1. The zero-order valence-corrected chi connectivity index (χ0v) is 20.9. The normalized spacial score (nSPS) is 11.8. The summed E-state index contributed by atoms with van der Waals surface area (Å²) in [7, 11) is 0. The molecule has 0 aliphatic rings. The number of hydrogen-bond acceptors (Lipinski definition) is 8. The molecule has 198 valence electrons. The summed E-state index contributed by atoms with van der Waals surface area (Å²) < 4.78 is 55.1. The van der Waals surface area contributed by atoms with Crippen LogP contribution in [-0.2, 0) is 28.7 Å². The molecule has 11 heteroatoms. The van der Waals surface area contributed by atoms with Gasteiger partial charge >= 0.3 is 12.1 Å². The topological polar surface area (TPSA) is 104 Å². The van der Waals surface area contributed by atoms with Crippen molar-refractivity contribution in [1.29, 1.82) is 0 Å². The van der Waals surface area contributed by atoms with Gasteiger partial charge in [-0.1, -0.05) is 0 Å². The van der Waals surface area contributed by atoms with E-state index in [1.54, 1.807) is 39.0 Å². The Hall–Kier alpha value is -3.73. The van der Waals surface area contributed by atoms with Crippen molar-refractivity contribution in [1.82, 2.24) is 15.0 Å². The summed E-state index contributed by atoms with van der Waals surface area (Å²) in [6.07, 6.45) is -1.76. The van der Waals surface area contributed by atoms with Crippen LogP contribution in [0.25, 0.3) is 11.4 Å². The molecule has 3 rings (SSSR count). The average Bonchev–Trinajstić information content (AvgIpc) is 2.84. The molecule has 0 amide bonds. The lowest BCUT2D eigenvalue weighted by Crippen LogP contribution is -2.39. The largest absolute Gasteiger partial charge is 0.489 e. The minimum absolute atomic E-state index is 0.0921. The van der Waals surface area contributed by atoms with E-state index >= 15 is 0 Å². The molecule has 0 saturated heterocycles. The van der Waals surface area contributed by atoms with Gasteiger partial charge in [0.1, 0.15) is 23.8 Å². The van der Waals surface area contributed by atoms with Crippen molar-refractivity contribution in [3.63, 3.8) is 0 Å². The molecule has 37 heavy (non-hydrogen) atoms. The molecule has 0 saturated carbocycles. The summed E-state index contributed by atoms with van der Waals surface area (Å²) in [5, 5.41) is 9.46. The van der Waals surface area contributed by atoms with Crippen LogP contribution in [0.3, 0.4) is 0 Å². The van der Waals surface area contributed by atoms with Gasteiger partial charge in [0.05, 0.1) is 12.3 Å². The van der Waals surface area contributed by atoms with E-state index in [1.165, 1.54) is 12.3 Å². The lowest BCUT2D eigenvalue weighted by Gasteiger charge is -2.25. The highest BCUT2D eigenvalue weighted by Crippen LogP contribution is 2.30. The smallest absolute Gasteiger partial charge is 0.433 e. The first-order chi connectivity index (χ1) is 17.4. The third-order valence-electron chi connectivity index (χ3n) is 5.29. The van der Waals surface area contributed by atoms with Crippen LogP contribution < -0.4 is 9.47 Å². The summed E-state index contributed by atoms with van der Waals surface area (Å²) in [5.41, 5.74) is 0.000131. The highest BCUT2D eigenvalue weighted by Gasteiger charge is 2.33. The molecule has 0 radical (unpaired) electrons. The van der Waals surface area contributed by atoms with Gasteiger partial charge in [0.15, 0.2) is 11.4 Å². The maximum Gasteiger partial charge on any atom is 0.433 e. The summed E-state index contributed by atoms with van der Waals surface area (Å²) in [6, 6.07) is 7.26. The molecule has 0 bridgehead atoms. The predicted molar refractivity (Wildman–Crippen MR) is 128 cm³/mol. The summed E-state index contributed by atoms with van der Waals surface area (Å²) >= 11 is 0. The van der Waals surface area contributed by atoms with Gasteiger partial charge in [-0.2, -0.15) is 13.2 Å². The number of alkyl halides is 3. The minimum Gasteiger partial charge on any atom is -0.489 e. The van der Waals surface area contributed by atoms with E-state index in [9.17, 15) is 23.1 Å². The van der Waals surface area contributed by atoms with Crippen LogP contribution in [0.5, 0.6) is 11.5 Å². The number of aryl methyl sites for hydroxylation is 1. The molecule has 0 atom stereocenters. The van der Waals surface area contributed by atoms with Crippen molar-refractivity contribution in [2.24, 2.45) is 0 Å². The molecule has 0 spiro atoms. The van der Waals surface area contributed by atoms with Gasteiger partial charge in [-0.15, -0.1) is 0 Å². The SMILES string of the molecule is CCOC(=O)C(C)(C)Oc1ccc(OCc2cnc(-c3ccc(C(F)(F)F)nc3)nc2CCO)cc1C. The van der Waals surface area contributed by atoms with Crippen LogP contribution in [0, 0.1) is 6.92 Å². The standard InChI is InChI=1S/C26H28F3N3O5/c1-5-35-24(34)25(3,4)37-21-8-7-19(12-16(21)2)36-15-18-14-31-23(32-20(18)10-11-33)17-6-9-22(30-13-17)26(27,28)29/h6-9,12-14,33H,5,10-11,15H2,1-4H3. The van der Waals surface area contributed by atoms with Crippen molar-refractivity contribution < 1.29 is 37.3 Å². The van der Waals surface area contributed by atoms with E-state index in [0.29, 0.717) is 28.3 Å². The number of ether oxygens (including phenoxy) is 3. The van der Waals surface area contributed by atoms with Crippen molar-refractivity contribution in [2.45, 2.75) is 52.5 Å². The Balaban J connectivity index is 1.73. The lowest BCUT2D eigenvalue weighted by molar-refractivity contribution is -0.158. The van der Waals surface area contributed by atoms with Crippen molar-refractivity contribution in [3.8, 4) is 22.9 Å². The van der Waals surface area contributed by atoms with Crippen molar-refractivity contribution in [3.05, 3.63) is 65.2 Å². The van der Waals surface area contributed by atoms with Crippen LogP contribution in [0.15, 0.2) is 42.7 Å².